The number of nitrogens with one attached hydrogen (secondary N) is 2. The minimum atomic E-state index is -1.03. The fourth-order valence-corrected chi connectivity index (χ4v) is 4.47. The van der Waals surface area contributed by atoms with Crippen molar-refractivity contribution in [1.29, 1.82) is 0 Å². The van der Waals surface area contributed by atoms with Crippen LogP contribution in [0.15, 0.2) is 36.4 Å². The molecule has 1 saturated heterocycles. The maximum Gasteiger partial charge on any atom is 0.237 e. The summed E-state index contributed by atoms with van der Waals surface area (Å²) in [5, 5.41) is 16.3. The molecule has 1 fully saturated rings. The average molecular weight is 381 g/mol. The molecule has 1 spiro atoms. The van der Waals surface area contributed by atoms with Gasteiger partial charge >= 0.3 is 0 Å². The van der Waals surface area contributed by atoms with Gasteiger partial charge in [0.05, 0.1) is 17.0 Å². The number of anilines is 1. The molecule has 0 unspecified atom stereocenters. The number of carbonyl (C=O) groups is 1. The van der Waals surface area contributed by atoms with Crippen LogP contribution in [-0.4, -0.2) is 30.2 Å². The molecule has 4 nitrogen and oxygen atoms in total. The Morgan fingerprint density at radius 3 is 2.80 bits per heavy atom. The van der Waals surface area contributed by atoms with Crippen molar-refractivity contribution in [3.05, 3.63) is 63.4 Å². The van der Waals surface area contributed by atoms with E-state index in [0.29, 0.717) is 16.3 Å². The van der Waals surface area contributed by atoms with E-state index in [1.807, 2.05) is 6.07 Å². The Balaban J connectivity index is 1.94. The van der Waals surface area contributed by atoms with Crippen molar-refractivity contribution in [3.8, 4) is 0 Å². The zero-order chi connectivity index (χ0) is 17.8. The van der Waals surface area contributed by atoms with Gasteiger partial charge in [-0.2, -0.15) is 0 Å². The van der Waals surface area contributed by atoms with Gasteiger partial charge in [0.1, 0.15) is 5.82 Å². The lowest BCUT2D eigenvalue weighted by molar-refractivity contribution is -0.120. The van der Waals surface area contributed by atoms with E-state index in [1.165, 1.54) is 12.1 Å². The maximum absolute atomic E-state index is 14.1. The van der Waals surface area contributed by atoms with Crippen LogP contribution >= 0.6 is 23.2 Å². The fourth-order valence-electron chi connectivity index (χ4n) is 4.11. The Hall–Kier alpha value is -1.66. The molecule has 0 aromatic heterocycles. The highest BCUT2D eigenvalue weighted by Gasteiger charge is 2.59. The molecule has 0 bridgehead atoms. The molecule has 0 radical (unpaired) electrons. The predicted octanol–water partition coefficient (Wildman–Crippen LogP) is 3.07. The number of fused-ring (bicyclic) bond motifs is 2. The SMILES string of the molecule is O=C1Nc2cc(Cl)c(F)cc2[C@@]12CN[C@@H](CO)[C@@H]2c1cccc(Cl)c1. The zero-order valence-electron chi connectivity index (χ0n) is 13.0. The van der Waals surface area contributed by atoms with E-state index in [9.17, 15) is 14.3 Å². The molecule has 2 aliphatic rings. The van der Waals surface area contributed by atoms with E-state index in [4.69, 9.17) is 23.2 Å². The first-order valence-electron chi connectivity index (χ1n) is 7.88. The summed E-state index contributed by atoms with van der Waals surface area (Å²) in [6.45, 7) is 0.132. The molecular formula is C18H15Cl2FN2O2. The van der Waals surface area contributed by atoms with Gasteiger partial charge in [-0.3, -0.25) is 4.79 Å². The monoisotopic (exact) mass is 380 g/mol. The molecule has 0 aliphatic carbocycles. The Morgan fingerprint density at radius 2 is 2.08 bits per heavy atom. The van der Waals surface area contributed by atoms with Crippen LogP contribution in [0.2, 0.25) is 10.0 Å². The van der Waals surface area contributed by atoms with E-state index in [2.05, 4.69) is 10.6 Å². The molecular weight excluding hydrogens is 366 g/mol. The molecule has 3 N–H and O–H groups in total. The maximum atomic E-state index is 14.1. The highest BCUT2D eigenvalue weighted by Crippen LogP contribution is 2.52. The lowest BCUT2D eigenvalue weighted by atomic mass is 9.68. The third-order valence-corrected chi connectivity index (χ3v) is 5.70. The first kappa shape index (κ1) is 16.8. The van der Waals surface area contributed by atoms with Crippen molar-refractivity contribution in [1.82, 2.24) is 5.32 Å². The van der Waals surface area contributed by atoms with Crippen LogP contribution in [0, 0.1) is 5.82 Å². The quantitative estimate of drug-likeness (QED) is 0.750. The number of hydrogen-bond donors (Lipinski definition) is 3. The van der Waals surface area contributed by atoms with Gasteiger partial charge < -0.3 is 15.7 Å². The summed E-state index contributed by atoms with van der Waals surface area (Å²) in [5.74, 6) is -1.20. The summed E-state index contributed by atoms with van der Waals surface area (Å²) in [6, 6.07) is 9.58. The van der Waals surface area contributed by atoms with Crippen LogP contribution in [0.25, 0.3) is 0 Å². The van der Waals surface area contributed by atoms with Gasteiger partial charge in [-0.05, 0) is 35.4 Å². The molecule has 7 heteroatoms. The highest BCUT2D eigenvalue weighted by molar-refractivity contribution is 6.31. The fraction of sp³-hybridized carbons (Fsp3) is 0.278. The number of amides is 1. The number of benzene rings is 2. The van der Waals surface area contributed by atoms with E-state index in [1.54, 1.807) is 18.2 Å². The summed E-state index contributed by atoms with van der Waals surface area (Å²) in [4.78, 5) is 13.0. The average Bonchev–Trinajstić information content (AvgIpc) is 3.09. The van der Waals surface area contributed by atoms with Crippen molar-refractivity contribution >= 4 is 34.8 Å². The second kappa shape index (κ2) is 5.95. The third-order valence-electron chi connectivity index (χ3n) is 5.18. The molecule has 2 aromatic carbocycles. The summed E-state index contributed by atoms with van der Waals surface area (Å²) in [7, 11) is 0. The van der Waals surface area contributed by atoms with E-state index in [0.717, 1.165) is 5.56 Å². The lowest BCUT2D eigenvalue weighted by Crippen LogP contribution is -2.42. The van der Waals surface area contributed by atoms with Gasteiger partial charge in [-0.15, -0.1) is 0 Å². The van der Waals surface area contributed by atoms with Crippen LogP contribution in [0.1, 0.15) is 17.0 Å². The van der Waals surface area contributed by atoms with Crippen molar-refractivity contribution in [2.24, 2.45) is 0 Å². The van der Waals surface area contributed by atoms with Gasteiger partial charge in [-0.1, -0.05) is 35.3 Å². The van der Waals surface area contributed by atoms with Crippen LogP contribution in [0.5, 0.6) is 0 Å². The summed E-state index contributed by atoms with van der Waals surface area (Å²) in [5.41, 5.74) is 0.838. The number of rotatable bonds is 2. The topological polar surface area (TPSA) is 61.4 Å². The number of aliphatic hydroxyl groups excluding tert-OH is 1. The van der Waals surface area contributed by atoms with Crippen molar-refractivity contribution in [3.63, 3.8) is 0 Å². The molecule has 3 atom stereocenters. The van der Waals surface area contributed by atoms with Gasteiger partial charge in [-0.25, -0.2) is 4.39 Å². The van der Waals surface area contributed by atoms with Crippen LogP contribution in [0.4, 0.5) is 10.1 Å². The second-order valence-corrected chi connectivity index (χ2v) is 7.28. The minimum Gasteiger partial charge on any atom is -0.395 e. The molecule has 1 amide bonds. The third kappa shape index (κ3) is 2.38. The van der Waals surface area contributed by atoms with Crippen molar-refractivity contribution < 1.29 is 14.3 Å². The van der Waals surface area contributed by atoms with Gasteiger partial charge in [0, 0.05) is 29.2 Å². The number of aliphatic hydroxyl groups is 1. The molecule has 130 valence electrons. The minimum absolute atomic E-state index is 0.0416. The molecule has 0 saturated carbocycles. The smallest absolute Gasteiger partial charge is 0.237 e. The van der Waals surface area contributed by atoms with Gasteiger partial charge in [0.25, 0.3) is 0 Å². The number of hydrogen-bond acceptors (Lipinski definition) is 3. The van der Waals surface area contributed by atoms with E-state index in [-0.39, 0.29) is 30.1 Å². The Labute approximate surface area is 153 Å². The van der Waals surface area contributed by atoms with Crippen LogP contribution in [-0.2, 0) is 10.2 Å². The predicted molar refractivity (Wildman–Crippen MR) is 94.8 cm³/mol. The Morgan fingerprint density at radius 1 is 1.28 bits per heavy atom. The Kier molecular flexibility index (Phi) is 4.00. The summed E-state index contributed by atoms with van der Waals surface area (Å²) >= 11 is 12.0. The van der Waals surface area contributed by atoms with E-state index < -0.39 is 17.2 Å². The number of carbonyl (C=O) groups excluding carboxylic acids is 1. The standard InChI is InChI=1S/C18H15Cl2FN2O2/c19-10-3-1-2-9(4-10)16-15(7-24)22-8-18(16)11-5-13(21)12(20)6-14(11)23-17(18)25/h1-6,15-16,22,24H,7-8H2,(H,23,25)/t15-,16-,18+/m0/s1. The normalized spacial score (nSPS) is 27.6. The molecule has 2 aliphatic heterocycles. The Bertz CT molecular complexity index is 876. The van der Waals surface area contributed by atoms with Crippen LogP contribution < -0.4 is 10.6 Å². The van der Waals surface area contributed by atoms with Crippen LogP contribution in [0.3, 0.4) is 0 Å². The first-order chi connectivity index (χ1) is 12.0. The molecule has 4 rings (SSSR count). The molecule has 2 heterocycles. The number of halogens is 3. The molecule has 25 heavy (non-hydrogen) atoms. The lowest BCUT2D eigenvalue weighted by Gasteiger charge is -2.31. The highest BCUT2D eigenvalue weighted by atomic mass is 35.5. The first-order valence-corrected chi connectivity index (χ1v) is 8.63. The van der Waals surface area contributed by atoms with E-state index >= 15 is 0 Å². The molecule has 2 aromatic rings. The van der Waals surface area contributed by atoms with Gasteiger partial charge in [0.15, 0.2) is 0 Å². The second-order valence-electron chi connectivity index (χ2n) is 6.44. The summed E-state index contributed by atoms with van der Waals surface area (Å²) in [6.07, 6.45) is 0. The zero-order valence-corrected chi connectivity index (χ0v) is 14.5. The largest absolute Gasteiger partial charge is 0.395 e. The summed E-state index contributed by atoms with van der Waals surface area (Å²) < 4.78 is 14.1. The van der Waals surface area contributed by atoms with Gasteiger partial charge in [0.2, 0.25) is 5.91 Å². The van der Waals surface area contributed by atoms with Crippen molar-refractivity contribution in [2.75, 3.05) is 18.5 Å². The van der Waals surface area contributed by atoms with Crippen molar-refractivity contribution in [2.45, 2.75) is 17.4 Å².